The van der Waals surface area contributed by atoms with Crippen LogP contribution in [0.4, 0.5) is 0 Å². The summed E-state index contributed by atoms with van der Waals surface area (Å²) in [7, 11) is 0. The van der Waals surface area contributed by atoms with Gasteiger partial charge in [-0.1, -0.05) is 12.1 Å². The average molecular weight is 614 g/mol. The Kier molecular flexibility index (Phi) is 8.71. The van der Waals surface area contributed by atoms with Gasteiger partial charge in [0, 0.05) is 75.2 Å². The monoisotopic (exact) mass is 613 g/mol. The molecule has 2 saturated heterocycles. The Morgan fingerprint density at radius 3 is 2.58 bits per heavy atom. The van der Waals surface area contributed by atoms with Gasteiger partial charge in [-0.3, -0.25) is 29.1 Å². The fourth-order valence-electron chi connectivity index (χ4n) is 6.85. The smallest absolute Gasteiger partial charge is 0.303 e. The van der Waals surface area contributed by atoms with Crippen LogP contribution < -0.4 is 10.5 Å². The first-order chi connectivity index (χ1) is 21.6. The Balaban J connectivity index is 1.04. The third-order valence-electron chi connectivity index (χ3n) is 9.32. The van der Waals surface area contributed by atoms with Crippen LogP contribution in [0.1, 0.15) is 72.1 Å². The Labute approximate surface area is 261 Å². The maximum absolute atomic E-state index is 13.0. The van der Waals surface area contributed by atoms with Gasteiger partial charge in [0.05, 0.1) is 5.52 Å². The van der Waals surface area contributed by atoms with Crippen LogP contribution >= 0.6 is 0 Å². The first-order valence-electron chi connectivity index (χ1n) is 15.6. The fraction of sp³-hybridized carbons (Fsp3) is 0.441. The lowest BCUT2D eigenvalue weighted by Crippen LogP contribution is -2.45. The number of ether oxygens (including phenoxy) is 1. The maximum atomic E-state index is 13.0. The Morgan fingerprint density at radius 2 is 1.84 bits per heavy atom. The third-order valence-corrected chi connectivity index (χ3v) is 9.32. The molecule has 3 N–H and O–H groups in total. The summed E-state index contributed by atoms with van der Waals surface area (Å²) in [4.78, 5) is 58.3. The average Bonchev–Trinajstić information content (AvgIpc) is 3.59. The maximum Gasteiger partial charge on any atom is 0.303 e. The van der Waals surface area contributed by atoms with E-state index >= 15 is 0 Å². The van der Waals surface area contributed by atoms with Gasteiger partial charge in [0.15, 0.2) is 0 Å². The number of aliphatic carboxylic acids is 1. The molecule has 3 aliphatic heterocycles. The third kappa shape index (κ3) is 6.78. The standard InChI is InChI=1S/C34H39N5O6/c1-21(40)38-14-10-23(11-15-38)29-7-3-24-16-22(2-6-30(24)36-29)18-37-13-12-27(20-37)45-26-4-5-28-25(17-26)19-39(34(28)44)31(33(35)43)8-9-32(41)42/h2-7,16-17,23,27,31H,8-15,18-20H2,1H3,(H2,35,43)(H,41,42)/t27-,31?/m0/s1. The molecule has 0 spiro atoms. The number of piperidine rings is 1. The van der Waals surface area contributed by atoms with E-state index in [1.165, 1.54) is 10.5 Å². The molecule has 3 amide bonds. The van der Waals surface area contributed by atoms with Crippen molar-refractivity contribution >= 4 is 34.6 Å². The molecule has 0 radical (unpaired) electrons. The first kappa shape index (κ1) is 30.5. The highest BCUT2D eigenvalue weighted by atomic mass is 16.5. The summed E-state index contributed by atoms with van der Waals surface area (Å²) in [5, 5.41) is 10.1. The molecule has 11 heteroatoms. The van der Waals surface area contributed by atoms with E-state index in [1.807, 2.05) is 11.0 Å². The minimum Gasteiger partial charge on any atom is -0.489 e. The summed E-state index contributed by atoms with van der Waals surface area (Å²) in [6, 6.07) is 15.1. The highest BCUT2D eigenvalue weighted by Gasteiger charge is 2.36. The highest BCUT2D eigenvalue weighted by molar-refractivity contribution is 6.01. The number of pyridine rings is 1. The normalized spacial score (nSPS) is 19.6. The number of hydrogen-bond donors (Lipinski definition) is 2. The van der Waals surface area contributed by atoms with Gasteiger partial charge in [-0.15, -0.1) is 0 Å². The number of fused-ring (bicyclic) bond motifs is 2. The number of rotatable bonds is 10. The molecule has 1 aromatic heterocycles. The number of carbonyl (C=O) groups is 4. The minimum absolute atomic E-state index is 0.00397. The topological polar surface area (TPSA) is 146 Å². The molecule has 6 rings (SSSR count). The lowest BCUT2D eigenvalue weighted by atomic mass is 9.92. The number of primary amides is 1. The predicted molar refractivity (Wildman–Crippen MR) is 166 cm³/mol. The van der Waals surface area contributed by atoms with Crippen molar-refractivity contribution in [2.45, 2.75) is 70.2 Å². The largest absolute Gasteiger partial charge is 0.489 e. The number of aromatic nitrogens is 1. The molecular formula is C34H39N5O6. The molecule has 45 heavy (non-hydrogen) atoms. The molecule has 0 aliphatic carbocycles. The van der Waals surface area contributed by atoms with Crippen LogP contribution in [0.2, 0.25) is 0 Å². The van der Waals surface area contributed by atoms with Crippen molar-refractivity contribution in [2.75, 3.05) is 26.2 Å². The number of benzene rings is 2. The molecule has 3 aromatic rings. The van der Waals surface area contributed by atoms with E-state index in [2.05, 4.69) is 35.2 Å². The quantitative estimate of drug-likeness (QED) is 0.354. The zero-order valence-corrected chi connectivity index (χ0v) is 25.5. The summed E-state index contributed by atoms with van der Waals surface area (Å²) in [6.07, 6.45) is 2.50. The van der Waals surface area contributed by atoms with E-state index in [0.717, 1.165) is 74.1 Å². The second kappa shape index (κ2) is 12.8. The molecule has 2 atom stereocenters. The summed E-state index contributed by atoms with van der Waals surface area (Å²) in [5.41, 5.74) is 10.0. The van der Waals surface area contributed by atoms with Gasteiger partial charge in [-0.25, -0.2) is 0 Å². The van der Waals surface area contributed by atoms with E-state index in [-0.39, 0.29) is 37.3 Å². The molecule has 4 heterocycles. The van der Waals surface area contributed by atoms with E-state index < -0.39 is 17.9 Å². The number of carbonyl (C=O) groups excluding carboxylic acids is 3. The number of hydrogen-bond acceptors (Lipinski definition) is 7. The number of carboxylic acid groups (broad SMARTS) is 1. The van der Waals surface area contributed by atoms with E-state index in [9.17, 15) is 19.2 Å². The van der Waals surface area contributed by atoms with Crippen molar-refractivity contribution in [3.05, 3.63) is 70.9 Å². The molecule has 236 valence electrons. The Bertz CT molecular complexity index is 1630. The summed E-state index contributed by atoms with van der Waals surface area (Å²) in [5.74, 6) is -0.893. The number of amides is 3. The molecule has 1 unspecified atom stereocenters. The second-order valence-electron chi connectivity index (χ2n) is 12.4. The van der Waals surface area contributed by atoms with Crippen LogP contribution in [0.3, 0.4) is 0 Å². The van der Waals surface area contributed by atoms with Gasteiger partial charge < -0.3 is 25.4 Å². The van der Waals surface area contributed by atoms with Crippen molar-refractivity contribution in [1.82, 2.24) is 19.7 Å². The van der Waals surface area contributed by atoms with Gasteiger partial charge in [-0.2, -0.15) is 0 Å². The van der Waals surface area contributed by atoms with Crippen LogP contribution in [0.5, 0.6) is 5.75 Å². The molecule has 0 bridgehead atoms. The van der Waals surface area contributed by atoms with Gasteiger partial charge in [0.2, 0.25) is 11.8 Å². The molecule has 3 aliphatic rings. The number of likely N-dealkylation sites (tertiary alicyclic amines) is 2. The van der Waals surface area contributed by atoms with E-state index in [4.69, 9.17) is 20.6 Å². The molecule has 2 fully saturated rings. The van der Waals surface area contributed by atoms with Gasteiger partial charge in [-0.05, 0) is 73.2 Å². The summed E-state index contributed by atoms with van der Waals surface area (Å²) in [6.45, 7) is 5.88. The molecule has 2 aromatic carbocycles. The van der Waals surface area contributed by atoms with E-state index in [0.29, 0.717) is 17.2 Å². The van der Waals surface area contributed by atoms with Crippen LogP contribution in [-0.2, 0) is 27.5 Å². The SMILES string of the molecule is CC(=O)N1CCC(c2ccc3cc(CN4CC[C@H](Oc5ccc6c(c5)CN(C(CCC(=O)O)C(N)=O)C6=O)C4)ccc3n2)CC1. The zero-order valence-electron chi connectivity index (χ0n) is 25.5. The van der Waals surface area contributed by atoms with Crippen LogP contribution in [0, 0.1) is 0 Å². The lowest BCUT2D eigenvalue weighted by Gasteiger charge is -2.31. The minimum atomic E-state index is -1.04. The Hall–Kier alpha value is -4.51. The Morgan fingerprint density at radius 1 is 1.04 bits per heavy atom. The van der Waals surface area contributed by atoms with Gasteiger partial charge in [0.1, 0.15) is 17.9 Å². The zero-order chi connectivity index (χ0) is 31.7. The van der Waals surface area contributed by atoms with Crippen molar-refractivity contribution in [2.24, 2.45) is 5.73 Å². The summed E-state index contributed by atoms with van der Waals surface area (Å²) < 4.78 is 6.31. The number of nitrogens with zero attached hydrogens (tertiary/aromatic N) is 4. The van der Waals surface area contributed by atoms with Gasteiger partial charge >= 0.3 is 5.97 Å². The van der Waals surface area contributed by atoms with Gasteiger partial charge in [0.25, 0.3) is 5.91 Å². The second-order valence-corrected chi connectivity index (χ2v) is 12.4. The first-order valence-corrected chi connectivity index (χ1v) is 15.6. The van der Waals surface area contributed by atoms with E-state index in [1.54, 1.807) is 19.1 Å². The number of carboxylic acids is 1. The molecule has 11 nitrogen and oxygen atoms in total. The van der Waals surface area contributed by atoms with Crippen molar-refractivity contribution in [3.63, 3.8) is 0 Å². The fourth-order valence-corrected chi connectivity index (χ4v) is 6.85. The number of nitrogens with two attached hydrogens (primary N) is 1. The summed E-state index contributed by atoms with van der Waals surface area (Å²) >= 11 is 0. The van der Waals surface area contributed by atoms with Crippen LogP contribution in [0.25, 0.3) is 10.9 Å². The highest BCUT2D eigenvalue weighted by Crippen LogP contribution is 2.31. The van der Waals surface area contributed by atoms with Crippen molar-refractivity contribution in [3.8, 4) is 5.75 Å². The predicted octanol–water partition coefficient (Wildman–Crippen LogP) is 3.29. The molecular weight excluding hydrogens is 574 g/mol. The van der Waals surface area contributed by atoms with Crippen LogP contribution in [-0.4, -0.2) is 86.8 Å². The lowest BCUT2D eigenvalue weighted by molar-refractivity contribution is -0.137. The van der Waals surface area contributed by atoms with Crippen molar-refractivity contribution in [1.29, 1.82) is 0 Å². The van der Waals surface area contributed by atoms with Crippen molar-refractivity contribution < 1.29 is 29.0 Å². The van der Waals surface area contributed by atoms with Crippen LogP contribution in [0.15, 0.2) is 48.5 Å². The molecule has 0 saturated carbocycles.